The van der Waals surface area contributed by atoms with Crippen molar-refractivity contribution in [3.8, 4) is 0 Å². The van der Waals surface area contributed by atoms with Crippen LogP contribution in [0.25, 0.3) is 0 Å². The van der Waals surface area contributed by atoms with E-state index in [9.17, 15) is 9.59 Å². The zero-order chi connectivity index (χ0) is 7.44. The number of Topliss-reactive ketones (excluding diaryl/α,β-unsaturated/α-hetero) is 1. The molecule has 0 saturated heterocycles. The van der Waals surface area contributed by atoms with E-state index in [1.54, 1.807) is 0 Å². The summed E-state index contributed by atoms with van der Waals surface area (Å²) in [4.78, 5) is 20.3. The zero-order valence-electron chi connectivity index (χ0n) is 5.50. The fourth-order valence-electron chi connectivity index (χ4n) is 0.445. The second-order valence-electron chi connectivity index (χ2n) is 2.05. The molecule has 0 aliphatic rings. The predicted molar refractivity (Wildman–Crippen MR) is 31.9 cm³/mol. The highest BCUT2D eigenvalue weighted by atomic mass is 16.3. The Hall–Kier alpha value is -0.700. The molecule has 52 valence electrons. The van der Waals surface area contributed by atoms with Crippen molar-refractivity contribution in [1.29, 1.82) is 0 Å². The van der Waals surface area contributed by atoms with Gasteiger partial charge >= 0.3 is 0 Å². The van der Waals surface area contributed by atoms with Crippen LogP contribution in [0.5, 0.6) is 0 Å². The number of ketones is 1. The van der Waals surface area contributed by atoms with Gasteiger partial charge in [0.2, 0.25) is 0 Å². The van der Waals surface area contributed by atoms with E-state index in [0.717, 1.165) is 0 Å². The Kier molecular flexibility index (Phi) is 3.09. The molecular weight excluding hydrogens is 120 g/mol. The first kappa shape index (κ1) is 8.30. The minimum Gasteiger partial charge on any atom is -0.385 e. The number of carbonyl (C=O) groups is 2. The highest BCUT2D eigenvalue weighted by molar-refractivity contribution is 5.83. The van der Waals surface area contributed by atoms with Gasteiger partial charge in [0.1, 0.15) is 12.4 Å². The molecule has 0 heterocycles. The SMILES string of the molecule is CC(=O)C(O)C(C)C=O. The molecule has 0 bridgehead atoms. The van der Waals surface area contributed by atoms with Gasteiger partial charge in [-0.2, -0.15) is 0 Å². The van der Waals surface area contributed by atoms with E-state index in [-0.39, 0.29) is 5.78 Å². The Labute approximate surface area is 53.7 Å². The van der Waals surface area contributed by atoms with Crippen LogP contribution in [0.2, 0.25) is 0 Å². The van der Waals surface area contributed by atoms with Gasteiger partial charge in [-0.05, 0) is 6.92 Å². The van der Waals surface area contributed by atoms with Crippen LogP contribution >= 0.6 is 0 Å². The van der Waals surface area contributed by atoms with E-state index in [1.165, 1.54) is 13.8 Å². The van der Waals surface area contributed by atoms with Gasteiger partial charge in [-0.1, -0.05) is 6.92 Å². The minimum absolute atomic E-state index is 0.366. The fourth-order valence-corrected chi connectivity index (χ4v) is 0.445. The van der Waals surface area contributed by atoms with Gasteiger partial charge in [0.05, 0.1) is 0 Å². The number of hydrogen-bond donors (Lipinski definition) is 1. The van der Waals surface area contributed by atoms with Crippen molar-refractivity contribution >= 4 is 12.1 Å². The van der Waals surface area contributed by atoms with Crippen LogP contribution in [0.4, 0.5) is 0 Å². The molecule has 0 fully saturated rings. The van der Waals surface area contributed by atoms with E-state index in [4.69, 9.17) is 5.11 Å². The molecule has 0 aliphatic heterocycles. The van der Waals surface area contributed by atoms with E-state index >= 15 is 0 Å². The number of aliphatic hydroxyl groups is 1. The summed E-state index contributed by atoms with van der Waals surface area (Å²) in [6.07, 6.45) is -0.561. The van der Waals surface area contributed by atoms with Gasteiger partial charge in [-0.3, -0.25) is 4.79 Å². The third kappa shape index (κ3) is 2.37. The lowest BCUT2D eigenvalue weighted by Gasteiger charge is -2.07. The van der Waals surface area contributed by atoms with Crippen molar-refractivity contribution in [2.45, 2.75) is 20.0 Å². The summed E-state index contributed by atoms with van der Waals surface area (Å²) in [5.41, 5.74) is 0. The van der Waals surface area contributed by atoms with Gasteiger partial charge in [-0.25, -0.2) is 0 Å². The van der Waals surface area contributed by atoms with Crippen LogP contribution < -0.4 is 0 Å². The summed E-state index contributed by atoms with van der Waals surface area (Å²) in [6.45, 7) is 2.75. The second-order valence-corrected chi connectivity index (χ2v) is 2.05. The smallest absolute Gasteiger partial charge is 0.158 e. The van der Waals surface area contributed by atoms with Gasteiger partial charge in [0.15, 0.2) is 5.78 Å². The van der Waals surface area contributed by atoms with Crippen molar-refractivity contribution in [3.63, 3.8) is 0 Å². The maximum Gasteiger partial charge on any atom is 0.158 e. The molecule has 1 N–H and O–H groups in total. The molecule has 0 spiro atoms. The van der Waals surface area contributed by atoms with Crippen molar-refractivity contribution in [1.82, 2.24) is 0 Å². The van der Waals surface area contributed by atoms with Crippen molar-refractivity contribution < 1.29 is 14.7 Å². The predicted octanol–water partition coefficient (Wildman–Crippen LogP) is -0.229. The van der Waals surface area contributed by atoms with E-state index < -0.39 is 12.0 Å². The first-order valence-corrected chi connectivity index (χ1v) is 2.73. The van der Waals surface area contributed by atoms with Crippen LogP contribution in [0.1, 0.15) is 13.8 Å². The summed E-state index contributed by atoms with van der Waals surface area (Å²) in [6, 6.07) is 0. The summed E-state index contributed by atoms with van der Waals surface area (Å²) >= 11 is 0. The Morgan fingerprint density at radius 3 is 2.22 bits per heavy atom. The van der Waals surface area contributed by atoms with E-state index in [1.807, 2.05) is 0 Å². The number of rotatable bonds is 3. The third-order valence-corrected chi connectivity index (χ3v) is 1.13. The van der Waals surface area contributed by atoms with Crippen molar-refractivity contribution in [2.75, 3.05) is 0 Å². The molecule has 2 unspecified atom stereocenters. The quantitative estimate of drug-likeness (QED) is 0.537. The molecule has 2 atom stereocenters. The first-order valence-electron chi connectivity index (χ1n) is 2.73. The summed E-state index contributed by atoms with van der Waals surface area (Å²) in [5.74, 6) is -0.947. The lowest BCUT2D eigenvalue weighted by molar-refractivity contribution is -0.130. The van der Waals surface area contributed by atoms with Crippen LogP contribution in [0, 0.1) is 5.92 Å². The molecule has 0 aromatic rings. The molecule has 0 saturated carbocycles. The molecule has 0 aliphatic carbocycles. The largest absolute Gasteiger partial charge is 0.385 e. The van der Waals surface area contributed by atoms with E-state index in [0.29, 0.717) is 6.29 Å². The molecule has 0 rings (SSSR count). The molecule has 0 amide bonds. The topological polar surface area (TPSA) is 54.4 Å². The maximum absolute atomic E-state index is 10.3. The molecule has 3 heteroatoms. The molecule has 3 nitrogen and oxygen atoms in total. The average Bonchev–Trinajstić information content (AvgIpc) is 1.84. The lowest BCUT2D eigenvalue weighted by Crippen LogP contribution is -2.26. The number of aliphatic hydroxyl groups excluding tert-OH is 1. The Morgan fingerprint density at radius 1 is 1.67 bits per heavy atom. The Balaban J connectivity index is 3.86. The molecule has 0 aromatic heterocycles. The average molecular weight is 130 g/mol. The number of carbonyl (C=O) groups excluding carboxylic acids is 2. The summed E-state index contributed by atoms with van der Waals surface area (Å²) < 4.78 is 0. The maximum atomic E-state index is 10.3. The number of aldehydes is 1. The zero-order valence-corrected chi connectivity index (χ0v) is 5.50. The molecule has 9 heavy (non-hydrogen) atoms. The van der Waals surface area contributed by atoms with Gasteiger partial charge < -0.3 is 9.90 Å². The fraction of sp³-hybridized carbons (Fsp3) is 0.667. The van der Waals surface area contributed by atoms with Crippen molar-refractivity contribution in [3.05, 3.63) is 0 Å². The molecule has 0 aromatic carbocycles. The summed E-state index contributed by atoms with van der Waals surface area (Å²) in [5, 5.41) is 8.81. The Bertz CT molecular complexity index is 119. The highest BCUT2D eigenvalue weighted by Gasteiger charge is 2.16. The van der Waals surface area contributed by atoms with Gasteiger partial charge in [-0.15, -0.1) is 0 Å². The van der Waals surface area contributed by atoms with Crippen LogP contribution in [-0.2, 0) is 9.59 Å². The van der Waals surface area contributed by atoms with E-state index in [2.05, 4.69) is 0 Å². The first-order chi connectivity index (χ1) is 4.09. The minimum atomic E-state index is -1.12. The standard InChI is InChI=1S/C6H10O3/c1-4(3-7)6(9)5(2)8/h3-4,6,9H,1-2H3. The molecule has 0 radical (unpaired) electrons. The monoisotopic (exact) mass is 130 g/mol. The second kappa shape index (κ2) is 3.35. The highest BCUT2D eigenvalue weighted by Crippen LogP contribution is 1.98. The van der Waals surface area contributed by atoms with Crippen LogP contribution in [-0.4, -0.2) is 23.3 Å². The molecular formula is C6H10O3. The number of hydrogen-bond acceptors (Lipinski definition) is 3. The van der Waals surface area contributed by atoms with Gasteiger partial charge in [0.25, 0.3) is 0 Å². The lowest BCUT2D eigenvalue weighted by atomic mass is 10.0. The van der Waals surface area contributed by atoms with Crippen molar-refractivity contribution in [2.24, 2.45) is 5.92 Å². The van der Waals surface area contributed by atoms with Crippen LogP contribution in [0.3, 0.4) is 0 Å². The normalized spacial score (nSPS) is 16.3. The summed E-state index contributed by atoms with van der Waals surface area (Å²) in [7, 11) is 0. The Morgan fingerprint density at radius 2 is 2.11 bits per heavy atom. The third-order valence-electron chi connectivity index (χ3n) is 1.13. The van der Waals surface area contributed by atoms with Gasteiger partial charge in [0, 0.05) is 5.92 Å². The van der Waals surface area contributed by atoms with Crippen LogP contribution in [0.15, 0.2) is 0 Å².